The van der Waals surface area contributed by atoms with Crippen LogP contribution in [0.15, 0.2) is 66.5 Å². The van der Waals surface area contributed by atoms with Crippen LogP contribution in [0.4, 0.5) is 5.13 Å². The molecule has 1 aromatic heterocycles. The summed E-state index contributed by atoms with van der Waals surface area (Å²) in [5, 5.41) is 8.63. The summed E-state index contributed by atoms with van der Waals surface area (Å²) in [5.41, 5.74) is 2.19. The van der Waals surface area contributed by atoms with E-state index in [1.54, 1.807) is 18.4 Å². The van der Waals surface area contributed by atoms with E-state index in [9.17, 15) is 0 Å². The Morgan fingerprint density at radius 1 is 1.25 bits per heavy atom. The first kappa shape index (κ1) is 20.6. The average Bonchev–Trinajstić information content (AvgIpc) is 2.98. The van der Waals surface area contributed by atoms with Crippen LogP contribution in [0, 0.1) is 0 Å². The maximum atomic E-state index is 6.28. The molecule has 148 valence electrons. The van der Waals surface area contributed by atoms with Gasteiger partial charge in [-0.2, -0.15) is 0 Å². The van der Waals surface area contributed by atoms with Gasteiger partial charge >= 0.3 is 0 Å². The zero-order valence-corrected chi connectivity index (χ0v) is 17.8. The van der Waals surface area contributed by atoms with Crippen LogP contribution < -0.4 is 10.6 Å². The molecule has 0 bridgehead atoms. The molecule has 0 radical (unpaired) electrons. The van der Waals surface area contributed by atoms with Crippen LogP contribution in [0.1, 0.15) is 30.2 Å². The number of methoxy groups -OCH3 is 1. The molecule has 0 spiro atoms. The van der Waals surface area contributed by atoms with Gasteiger partial charge in [0.1, 0.15) is 6.23 Å². The summed E-state index contributed by atoms with van der Waals surface area (Å²) in [4.78, 5) is 5.68. The van der Waals surface area contributed by atoms with Gasteiger partial charge in [0.25, 0.3) is 0 Å². The van der Waals surface area contributed by atoms with E-state index in [4.69, 9.17) is 16.3 Å². The van der Waals surface area contributed by atoms with Crippen LogP contribution in [-0.4, -0.2) is 24.4 Å². The number of nitrogens with one attached hydrogen (secondary N) is 2. The van der Waals surface area contributed by atoms with E-state index in [0.29, 0.717) is 0 Å². The lowest BCUT2D eigenvalue weighted by Crippen LogP contribution is -2.44. The zero-order valence-electron chi connectivity index (χ0n) is 16.2. The molecule has 1 aromatic carbocycles. The maximum Gasteiger partial charge on any atom is 0.184 e. The van der Waals surface area contributed by atoms with Gasteiger partial charge in [0.05, 0.1) is 6.04 Å². The third-order valence-corrected chi connectivity index (χ3v) is 5.83. The first-order valence-electron chi connectivity index (χ1n) is 9.47. The Hall–Kier alpha value is -2.08. The van der Waals surface area contributed by atoms with E-state index in [1.807, 2.05) is 30.5 Å². The Bertz CT molecular complexity index is 859. The van der Waals surface area contributed by atoms with Crippen LogP contribution in [0.2, 0.25) is 5.02 Å². The van der Waals surface area contributed by atoms with E-state index in [2.05, 4.69) is 52.9 Å². The van der Waals surface area contributed by atoms with Gasteiger partial charge in [0, 0.05) is 35.3 Å². The fraction of sp³-hybridized carbons (Fsp3) is 0.318. The van der Waals surface area contributed by atoms with Crippen molar-refractivity contribution < 1.29 is 4.74 Å². The summed E-state index contributed by atoms with van der Waals surface area (Å²) in [5.74, 6) is 0. The second-order valence-corrected chi connectivity index (χ2v) is 8.07. The maximum absolute atomic E-state index is 6.28. The number of hydrogen-bond donors (Lipinski definition) is 2. The number of anilines is 1. The van der Waals surface area contributed by atoms with E-state index in [1.165, 1.54) is 0 Å². The molecule has 3 rings (SSSR count). The van der Waals surface area contributed by atoms with Gasteiger partial charge in [-0.15, -0.1) is 11.3 Å². The number of nitrogens with zero attached hydrogens (tertiary/aromatic N) is 1. The first-order chi connectivity index (χ1) is 13.7. The van der Waals surface area contributed by atoms with E-state index in [-0.39, 0.29) is 12.3 Å². The van der Waals surface area contributed by atoms with Crippen LogP contribution in [0.3, 0.4) is 0 Å². The van der Waals surface area contributed by atoms with Crippen LogP contribution >= 0.6 is 22.9 Å². The van der Waals surface area contributed by atoms with Gasteiger partial charge in [0.2, 0.25) is 0 Å². The third kappa shape index (κ3) is 5.71. The molecular formula is C22H26ClN3OS. The molecule has 4 nitrogen and oxygen atoms in total. The summed E-state index contributed by atoms with van der Waals surface area (Å²) < 4.78 is 5.73. The predicted octanol–water partition coefficient (Wildman–Crippen LogP) is 5.54. The number of benzene rings is 1. The molecule has 28 heavy (non-hydrogen) atoms. The fourth-order valence-corrected chi connectivity index (χ4v) is 4.08. The molecule has 1 aliphatic rings. The average molecular weight is 416 g/mol. The second kappa shape index (κ2) is 10.5. The molecule has 2 atom stereocenters. The van der Waals surface area contributed by atoms with Crippen LogP contribution in [-0.2, 0) is 11.2 Å². The standard InChI is InChI=1S/C22H26ClN3OS/c1-3-20(25-17-11-6-4-5-7-12-17)21(27-2)26-22-24-15-18(28-22)14-16-10-8-9-13-19(16)23/h4,6-13,15,20-21,25H,3,5,14H2,1-2H3,(H,24,26). The molecule has 0 amide bonds. The third-order valence-electron chi connectivity index (χ3n) is 4.53. The smallest absolute Gasteiger partial charge is 0.184 e. The highest BCUT2D eigenvalue weighted by atomic mass is 35.5. The highest BCUT2D eigenvalue weighted by Gasteiger charge is 2.21. The Labute approximate surface area is 176 Å². The molecule has 2 aromatic rings. The number of aromatic nitrogens is 1. The van der Waals surface area contributed by atoms with Gasteiger partial charge < -0.3 is 15.4 Å². The van der Waals surface area contributed by atoms with E-state index in [0.717, 1.165) is 45.6 Å². The summed E-state index contributed by atoms with van der Waals surface area (Å²) in [6.07, 6.45) is 14.9. The Kier molecular flexibility index (Phi) is 7.71. The van der Waals surface area contributed by atoms with Gasteiger partial charge in [-0.3, -0.25) is 0 Å². The summed E-state index contributed by atoms with van der Waals surface area (Å²) >= 11 is 7.91. The Morgan fingerprint density at radius 2 is 2.11 bits per heavy atom. The number of halogens is 1. The molecular weight excluding hydrogens is 390 g/mol. The lowest BCUT2D eigenvalue weighted by molar-refractivity contribution is 0.0925. The Morgan fingerprint density at radius 3 is 2.89 bits per heavy atom. The topological polar surface area (TPSA) is 46.2 Å². The first-order valence-corrected chi connectivity index (χ1v) is 10.7. The molecule has 1 aliphatic carbocycles. The van der Waals surface area contributed by atoms with Gasteiger partial charge in [0.15, 0.2) is 5.13 Å². The molecule has 2 N–H and O–H groups in total. The highest BCUT2D eigenvalue weighted by Crippen LogP contribution is 2.25. The molecule has 0 aliphatic heterocycles. The van der Waals surface area contributed by atoms with Gasteiger partial charge in [-0.05, 0) is 36.6 Å². The molecule has 1 heterocycles. The molecule has 0 fully saturated rings. The highest BCUT2D eigenvalue weighted by molar-refractivity contribution is 7.15. The van der Waals surface area contributed by atoms with Crippen LogP contribution in [0.25, 0.3) is 0 Å². The van der Waals surface area contributed by atoms with Gasteiger partial charge in [-0.25, -0.2) is 4.98 Å². The normalized spacial score (nSPS) is 15.6. The number of hydrogen-bond acceptors (Lipinski definition) is 5. The molecule has 6 heteroatoms. The largest absolute Gasteiger partial charge is 0.378 e. The summed E-state index contributed by atoms with van der Waals surface area (Å²) in [6, 6.07) is 8.03. The van der Waals surface area contributed by atoms with Crippen molar-refractivity contribution >= 4 is 28.1 Å². The lowest BCUT2D eigenvalue weighted by Gasteiger charge is -2.27. The van der Waals surface area contributed by atoms with Crippen molar-refractivity contribution in [2.24, 2.45) is 0 Å². The van der Waals surface area contributed by atoms with E-state index < -0.39 is 0 Å². The van der Waals surface area contributed by atoms with Crippen molar-refractivity contribution in [1.82, 2.24) is 10.3 Å². The lowest BCUT2D eigenvalue weighted by atomic mass is 10.1. The Balaban J connectivity index is 1.65. The molecule has 0 saturated heterocycles. The number of ether oxygens (including phenoxy) is 1. The second-order valence-electron chi connectivity index (χ2n) is 6.55. The number of thiazole rings is 1. The SMILES string of the molecule is CCC(NC1=CC=CCC=C1)C(Nc1ncc(Cc2ccccc2Cl)s1)OC. The summed E-state index contributed by atoms with van der Waals surface area (Å²) in [7, 11) is 1.72. The molecule has 2 unspecified atom stereocenters. The van der Waals surface area contributed by atoms with Crippen molar-refractivity contribution in [3.05, 3.63) is 82.0 Å². The zero-order chi connectivity index (χ0) is 19.8. The van der Waals surface area contributed by atoms with Crippen LogP contribution in [0.5, 0.6) is 0 Å². The van der Waals surface area contributed by atoms with Crippen molar-refractivity contribution in [2.75, 3.05) is 12.4 Å². The fourth-order valence-electron chi connectivity index (χ4n) is 3.01. The molecule has 0 saturated carbocycles. The minimum absolute atomic E-state index is 0.114. The van der Waals surface area contributed by atoms with E-state index >= 15 is 0 Å². The van der Waals surface area contributed by atoms with Crippen molar-refractivity contribution in [3.8, 4) is 0 Å². The van der Waals surface area contributed by atoms with Crippen molar-refractivity contribution in [2.45, 2.75) is 38.5 Å². The quantitative estimate of drug-likeness (QED) is 0.528. The summed E-state index contributed by atoms with van der Waals surface area (Å²) in [6.45, 7) is 2.15. The van der Waals surface area contributed by atoms with Crippen molar-refractivity contribution in [1.29, 1.82) is 0 Å². The monoisotopic (exact) mass is 415 g/mol. The number of rotatable bonds is 9. The number of allylic oxidation sites excluding steroid dienone is 5. The van der Waals surface area contributed by atoms with Gasteiger partial charge in [-0.1, -0.05) is 55.0 Å². The van der Waals surface area contributed by atoms with Crippen molar-refractivity contribution in [3.63, 3.8) is 0 Å². The predicted molar refractivity (Wildman–Crippen MR) is 119 cm³/mol. The minimum atomic E-state index is -0.189. The minimum Gasteiger partial charge on any atom is -0.378 e.